The van der Waals surface area contributed by atoms with E-state index in [1.165, 1.54) is 19.2 Å². The molecule has 0 radical (unpaired) electrons. The third-order valence-electron chi connectivity index (χ3n) is 4.57. The van der Waals surface area contributed by atoms with Crippen molar-refractivity contribution in [2.75, 3.05) is 13.7 Å². The smallest absolute Gasteiger partial charge is 0.181 e. The van der Waals surface area contributed by atoms with E-state index in [1.807, 2.05) is 19.9 Å². The molecular formula is C21H22O6. The summed E-state index contributed by atoms with van der Waals surface area (Å²) in [5.41, 5.74) is 2.39. The maximum Gasteiger partial charge on any atom is 0.181 e. The van der Waals surface area contributed by atoms with Crippen LogP contribution >= 0.6 is 0 Å². The molecule has 6 nitrogen and oxygen atoms in total. The van der Waals surface area contributed by atoms with Crippen molar-refractivity contribution in [3.05, 3.63) is 52.6 Å². The van der Waals surface area contributed by atoms with Crippen molar-refractivity contribution >= 4 is 5.78 Å². The Bertz CT molecular complexity index is 925. The molecule has 3 rings (SSSR count). The molecule has 1 atom stereocenters. The highest BCUT2D eigenvalue weighted by molar-refractivity contribution is 6.06. The molecule has 27 heavy (non-hydrogen) atoms. The molecule has 1 aliphatic heterocycles. The molecule has 1 aliphatic rings. The lowest BCUT2D eigenvalue weighted by atomic mass is 9.86. The van der Waals surface area contributed by atoms with Crippen LogP contribution in [0.3, 0.4) is 0 Å². The zero-order valence-electron chi connectivity index (χ0n) is 15.4. The van der Waals surface area contributed by atoms with Gasteiger partial charge in [-0.1, -0.05) is 11.6 Å². The van der Waals surface area contributed by atoms with Gasteiger partial charge in [-0.2, -0.15) is 0 Å². The lowest BCUT2D eigenvalue weighted by Crippen LogP contribution is -2.26. The van der Waals surface area contributed by atoms with Crippen molar-refractivity contribution in [2.45, 2.75) is 26.2 Å². The molecule has 0 fully saturated rings. The molecule has 0 saturated carbocycles. The van der Waals surface area contributed by atoms with E-state index in [9.17, 15) is 20.1 Å². The van der Waals surface area contributed by atoms with Gasteiger partial charge in [0.2, 0.25) is 0 Å². The molecule has 0 amide bonds. The maximum atomic E-state index is 13.0. The molecule has 0 spiro atoms. The number of hydrogen-bond donors (Lipinski definition) is 3. The molecule has 0 aromatic heterocycles. The second kappa shape index (κ2) is 7.23. The fourth-order valence-electron chi connectivity index (χ4n) is 3.16. The van der Waals surface area contributed by atoms with Crippen LogP contribution < -0.4 is 9.47 Å². The number of hydrogen-bond acceptors (Lipinski definition) is 6. The summed E-state index contributed by atoms with van der Waals surface area (Å²) in [7, 11) is 1.46. The fourth-order valence-corrected chi connectivity index (χ4v) is 3.16. The SMILES string of the molecule is COc1cc(O)c(CC=C(C)C)cc1C1COc2cc(O)cc(O)c2C1=O. The number of rotatable bonds is 4. The molecule has 2 aromatic carbocycles. The number of phenols is 3. The summed E-state index contributed by atoms with van der Waals surface area (Å²) in [4.78, 5) is 13.0. The van der Waals surface area contributed by atoms with E-state index in [-0.39, 0.29) is 41.0 Å². The van der Waals surface area contributed by atoms with Crippen LogP contribution in [0.5, 0.6) is 28.7 Å². The first-order valence-corrected chi connectivity index (χ1v) is 8.58. The normalized spacial score (nSPS) is 15.7. The predicted molar refractivity (Wildman–Crippen MR) is 100 cm³/mol. The molecule has 0 saturated heterocycles. The maximum absolute atomic E-state index is 13.0. The van der Waals surface area contributed by atoms with Gasteiger partial charge in [0.15, 0.2) is 5.78 Å². The van der Waals surface area contributed by atoms with Crippen LogP contribution in [0.1, 0.15) is 41.3 Å². The van der Waals surface area contributed by atoms with E-state index in [1.54, 1.807) is 6.07 Å². The Morgan fingerprint density at radius 3 is 2.59 bits per heavy atom. The van der Waals surface area contributed by atoms with E-state index in [0.29, 0.717) is 23.3 Å². The Balaban J connectivity index is 2.06. The Kier molecular flexibility index (Phi) is 4.99. The topological polar surface area (TPSA) is 96.2 Å². The van der Waals surface area contributed by atoms with Crippen LogP contribution in [0.25, 0.3) is 0 Å². The second-order valence-electron chi connectivity index (χ2n) is 6.77. The lowest BCUT2D eigenvalue weighted by Gasteiger charge is -2.26. The van der Waals surface area contributed by atoms with Crippen molar-refractivity contribution in [3.8, 4) is 28.7 Å². The minimum Gasteiger partial charge on any atom is -0.508 e. The zero-order valence-corrected chi connectivity index (χ0v) is 15.4. The number of phenolic OH excluding ortho intramolecular Hbond substituents is 3. The van der Waals surface area contributed by atoms with Crippen molar-refractivity contribution in [1.82, 2.24) is 0 Å². The van der Waals surface area contributed by atoms with Gasteiger partial charge >= 0.3 is 0 Å². The van der Waals surface area contributed by atoms with E-state index < -0.39 is 5.92 Å². The predicted octanol–water partition coefficient (Wildman–Crippen LogP) is 3.68. The van der Waals surface area contributed by atoms with E-state index in [4.69, 9.17) is 9.47 Å². The summed E-state index contributed by atoms with van der Waals surface area (Å²) in [6.07, 6.45) is 2.50. The Labute approximate surface area is 157 Å². The number of ketones is 1. The number of carbonyl (C=O) groups excluding carboxylic acids is 1. The second-order valence-corrected chi connectivity index (χ2v) is 6.77. The third-order valence-corrected chi connectivity index (χ3v) is 4.57. The fraction of sp³-hybridized carbons (Fsp3) is 0.286. The molecule has 0 bridgehead atoms. The minimum atomic E-state index is -0.700. The van der Waals surface area contributed by atoms with Crippen molar-refractivity contribution in [3.63, 3.8) is 0 Å². The van der Waals surface area contributed by atoms with Gasteiger partial charge in [-0.05, 0) is 31.9 Å². The Hall–Kier alpha value is -3.15. The highest BCUT2D eigenvalue weighted by atomic mass is 16.5. The summed E-state index contributed by atoms with van der Waals surface area (Å²) in [6, 6.07) is 5.64. The lowest BCUT2D eigenvalue weighted by molar-refractivity contribution is 0.0890. The molecule has 1 heterocycles. The summed E-state index contributed by atoms with van der Waals surface area (Å²) in [6.45, 7) is 3.97. The van der Waals surface area contributed by atoms with Crippen LogP contribution in [0.4, 0.5) is 0 Å². The van der Waals surface area contributed by atoms with Gasteiger partial charge in [-0.3, -0.25) is 4.79 Å². The number of Topliss-reactive ketones (excluding diaryl/α,β-unsaturated/α-hetero) is 1. The average molecular weight is 370 g/mol. The van der Waals surface area contributed by atoms with Gasteiger partial charge in [0.25, 0.3) is 0 Å². The summed E-state index contributed by atoms with van der Waals surface area (Å²) in [5.74, 6) is -0.926. The number of carbonyl (C=O) groups is 1. The van der Waals surface area contributed by atoms with Crippen molar-refractivity contribution in [1.29, 1.82) is 0 Å². The van der Waals surface area contributed by atoms with Gasteiger partial charge < -0.3 is 24.8 Å². The van der Waals surface area contributed by atoms with Crippen LogP contribution in [0.15, 0.2) is 35.9 Å². The van der Waals surface area contributed by atoms with Gasteiger partial charge in [0.05, 0.1) is 13.0 Å². The van der Waals surface area contributed by atoms with Gasteiger partial charge in [-0.25, -0.2) is 0 Å². The Morgan fingerprint density at radius 2 is 1.93 bits per heavy atom. The van der Waals surface area contributed by atoms with E-state index in [0.717, 1.165) is 11.6 Å². The van der Waals surface area contributed by atoms with E-state index >= 15 is 0 Å². The number of ether oxygens (including phenoxy) is 2. The molecular weight excluding hydrogens is 348 g/mol. The number of fused-ring (bicyclic) bond motifs is 1. The highest BCUT2D eigenvalue weighted by Crippen LogP contribution is 2.43. The molecule has 2 aromatic rings. The first-order chi connectivity index (χ1) is 12.8. The first kappa shape index (κ1) is 18.6. The average Bonchev–Trinajstić information content (AvgIpc) is 2.60. The third kappa shape index (κ3) is 3.56. The van der Waals surface area contributed by atoms with Crippen LogP contribution in [0.2, 0.25) is 0 Å². The quantitative estimate of drug-likeness (QED) is 0.711. The molecule has 142 valence electrons. The first-order valence-electron chi connectivity index (χ1n) is 8.58. The summed E-state index contributed by atoms with van der Waals surface area (Å²) >= 11 is 0. The number of methoxy groups -OCH3 is 1. The largest absolute Gasteiger partial charge is 0.508 e. The zero-order chi connectivity index (χ0) is 19.7. The molecule has 0 aliphatic carbocycles. The number of allylic oxidation sites excluding steroid dienone is 2. The summed E-state index contributed by atoms with van der Waals surface area (Å²) < 4.78 is 11.0. The minimum absolute atomic E-state index is 0.0324. The van der Waals surface area contributed by atoms with Gasteiger partial charge in [-0.15, -0.1) is 0 Å². The molecule has 3 N–H and O–H groups in total. The van der Waals surface area contributed by atoms with Crippen LogP contribution in [0, 0.1) is 0 Å². The number of aromatic hydroxyl groups is 3. The molecule has 6 heteroatoms. The van der Waals surface area contributed by atoms with Gasteiger partial charge in [0, 0.05) is 23.8 Å². The summed E-state index contributed by atoms with van der Waals surface area (Å²) in [5, 5.41) is 30.0. The van der Waals surface area contributed by atoms with Crippen LogP contribution in [-0.4, -0.2) is 34.8 Å². The van der Waals surface area contributed by atoms with Gasteiger partial charge in [0.1, 0.15) is 40.9 Å². The standard InChI is InChI=1S/C21H22O6/c1-11(2)4-5-12-6-14(18(26-3)9-16(12)23)15-10-27-19-8-13(22)7-17(24)20(19)21(15)25/h4,6-9,15,22-24H,5,10H2,1-3H3. The van der Waals surface area contributed by atoms with E-state index in [2.05, 4.69) is 0 Å². The Morgan fingerprint density at radius 1 is 1.19 bits per heavy atom. The monoisotopic (exact) mass is 370 g/mol. The highest BCUT2D eigenvalue weighted by Gasteiger charge is 2.35. The number of benzene rings is 2. The van der Waals surface area contributed by atoms with Crippen LogP contribution in [-0.2, 0) is 6.42 Å². The van der Waals surface area contributed by atoms with Crippen molar-refractivity contribution in [2.24, 2.45) is 0 Å². The molecule has 1 unspecified atom stereocenters. The van der Waals surface area contributed by atoms with Crippen molar-refractivity contribution < 1.29 is 29.6 Å².